The molecule has 1 aromatic carbocycles. The minimum atomic E-state index is -0.844. The fourth-order valence-corrected chi connectivity index (χ4v) is 6.20. The Morgan fingerprint density at radius 3 is 2.48 bits per heavy atom. The Morgan fingerprint density at radius 1 is 1.24 bits per heavy atom. The zero-order chi connectivity index (χ0) is 23.9. The van der Waals surface area contributed by atoms with Gasteiger partial charge in [-0.1, -0.05) is 44.5 Å². The van der Waals surface area contributed by atoms with E-state index >= 15 is 0 Å². The molecule has 6 nitrogen and oxygen atoms in total. The maximum atomic E-state index is 12.9. The molecule has 2 N–H and O–H groups in total. The normalized spacial score (nSPS) is 26.4. The summed E-state index contributed by atoms with van der Waals surface area (Å²) in [5.74, 6) is 1.93. The number of aromatic nitrogens is 2. The number of halogens is 1. The van der Waals surface area contributed by atoms with E-state index in [1.54, 1.807) is 6.20 Å². The zero-order valence-corrected chi connectivity index (χ0v) is 21.1. The summed E-state index contributed by atoms with van der Waals surface area (Å²) in [4.78, 5) is 15.1. The molecule has 2 aromatic rings. The number of nitrogens with one attached hydrogen (secondary N) is 1. The highest BCUT2D eigenvalue weighted by Gasteiger charge is 2.56. The predicted octanol–water partition coefficient (Wildman–Crippen LogP) is 4.96. The van der Waals surface area contributed by atoms with Crippen LogP contribution >= 0.6 is 11.6 Å². The second kappa shape index (κ2) is 9.30. The number of hydrogen-bond acceptors (Lipinski definition) is 5. The van der Waals surface area contributed by atoms with Gasteiger partial charge >= 0.3 is 0 Å². The summed E-state index contributed by atoms with van der Waals surface area (Å²) in [6.45, 7) is 13.2. The van der Waals surface area contributed by atoms with Crippen molar-refractivity contribution < 1.29 is 5.11 Å². The van der Waals surface area contributed by atoms with Gasteiger partial charge in [0.25, 0.3) is 5.56 Å². The molecule has 0 radical (unpaired) electrons. The van der Waals surface area contributed by atoms with Crippen LogP contribution < -0.4 is 15.8 Å². The molecule has 2 bridgehead atoms. The van der Waals surface area contributed by atoms with Gasteiger partial charge in [-0.05, 0) is 67.6 Å². The molecule has 5 atom stereocenters. The summed E-state index contributed by atoms with van der Waals surface area (Å²) in [5, 5.41) is 18.7. The average Bonchev–Trinajstić information content (AvgIpc) is 2.80. The fraction of sp³-hybridized carbons (Fsp3) is 0.615. The van der Waals surface area contributed by atoms with E-state index in [9.17, 15) is 9.90 Å². The van der Waals surface area contributed by atoms with Crippen molar-refractivity contribution in [3.8, 4) is 0 Å². The molecular weight excluding hydrogens is 436 g/mol. The first-order valence-corrected chi connectivity index (χ1v) is 12.6. The third kappa shape index (κ3) is 4.40. The molecule has 3 aliphatic carbocycles. The van der Waals surface area contributed by atoms with Gasteiger partial charge in [-0.3, -0.25) is 4.79 Å². The SMILES string of the molecule is CCN(CC)c1ccc(C(O)Cn2ncc(N[C@@H]3C[C@H]4C[C@H]([C@@H]3C)C4(C)C)c(Cl)c2=O)cc1. The molecule has 5 rings (SSSR count). The van der Waals surface area contributed by atoms with Gasteiger partial charge in [0, 0.05) is 24.8 Å². The maximum Gasteiger partial charge on any atom is 0.287 e. The largest absolute Gasteiger partial charge is 0.386 e. The number of hydrogen-bond donors (Lipinski definition) is 2. The van der Waals surface area contributed by atoms with Crippen molar-refractivity contribution in [2.75, 3.05) is 23.3 Å². The standard InChI is InChI=1S/C26H37ClN4O2/c1-6-30(7-2)19-10-8-17(9-11-19)23(32)15-31-25(33)24(27)22(14-28-31)29-21-13-18-12-20(16(21)3)26(18,4)5/h8-11,14,16,18,20-21,23,29,32H,6-7,12-13,15H2,1-5H3/t16-,18+,20+,21+,23?/m0/s1. The maximum absolute atomic E-state index is 12.9. The molecule has 0 spiro atoms. The molecule has 180 valence electrons. The summed E-state index contributed by atoms with van der Waals surface area (Å²) in [7, 11) is 0. The summed E-state index contributed by atoms with van der Waals surface area (Å²) < 4.78 is 1.25. The van der Waals surface area contributed by atoms with Crippen molar-refractivity contribution in [2.45, 2.75) is 66.2 Å². The monoisotopic (exact) mass is 472 g/mol. The van der Waals surface area contributed by atoms with Gasteiger partial charge in [-0.15, -0.1) is 0 Å². The van der Waals surface area contributed by atoms with E-state index in [1.807, 2.05) is 24.3 Å². The predicted molar refractivity (Wildman–Crippen MR) is 135 cm³/mol. The molecule has 3 aliphatic rings. The Balaban J connectivity index is 1.44. The summed E-state index contributed by atoms with van der Waals surface area (Å²) >= 11 is 6.46. The van der Waals surface area contributed by atoms with Crippen molar-refractivity contribution >= 4 is 23.0 Å². The number of fused-ring (bicyclic) bond motifs is 2. The fourth-order valence-electron chi connectivity index (χ4n) is 6.00. The van der Waals surface area contributed by atoms with Crippen molar-refractivity contribution in [1.29, 1.82) is 0 Å². The Bertz CT molecular complexity index is 1030. The van der Waals surface area contributed by atoms with Crippen LogP contribution in [0.3, 0.4) is 0 Å². The number of anilines is 2. The Labute approximate surface area is 202 Å². The van der Waals surface area contributed by atoms with Gasteiger partial charge < -0.3 is 15.3 Å². The molecule has 0 saturated heterocycles. The molecule has 1 aromatic heterocycles. The second-order valence-electron chi connectivity index (χ2n) is 10.3. The Morgan fingerprint density at radius 2 is 1.91 bits per heavy atom. The molecular formula is C26H37ClN4O2. The zero-order valence-electron chi connectivity index (χ0n) is 20.4. The van der Waals surface area contributed by atoms with Gasteiger partial charge in [0.05, 0.1) is 24.5 Å². The van der Waals surface area contributed by atoms with Gasteiger partial charge in [-0.2, -0.15) is 5.10 Å². The van der Waals surface area contributed by atoms with Crippen molar-refractivity contribution in [3.63, 3.8) is 0 Å². The van der Waals surface area contributed by atoms with Crippen LogP contribution in [0.5, 0.6) is 0 Å². The molecule has 3 saturated carbocycles. The van der Waals surface area contributed by atoms with Crippen LogP contribution in [0.1, 0.15) is 59.1 Å². The highest BCUT2D eigenvalue weighted by atomic mass is 35.5. The van der Waals surface area contributed by atoms with E-state index in [0.717, 1.165) is 30.8 Å². The first-order valence-electron chi connectivity index (χ1n) is 12.2. The van der Waals surface area contributed by atoms with E-state index in [4.69, 9.17) is 11.6 Å². The number of aliphatic hydroxyl groups excluding tert-OH is 1. The van der Waals surface area contributed by atoms with Crippen LogP contribution in [0.2, 0.25) is 5.02 Å². The number of aliphatic hydroxyl groups is 1. The lowest BCUT2D eigenvalue weighted by molar-refractivity contribution is -0.105. The molecule has 33 heavy (non-hydrogen) atoms. The van der Waals surface area contributed by atoms with Crippen molar-refractivity contribution in [3.05, 3.63) is 51.4 Å². The lowest BCUT2D eigenvalue weighted by Gasteiger charge is -2.62. The van der Waals surface area contributed by atoms with Crippen molar-refractivity contribution in [2.24, 2.45) is 23.2 Å². The number of nitrogens with zero attached hydrogens (tertiary/aromatic N) is 3. The number of benzene rings is 1. The molecule has 0 aliphatic heterocycles. The summed E-state index contributed by atoms with van der Waals surface area (Å²) in [6, 6.07) is 8.10. The first-order chi connectivity index (χ1) is 15.7. The van der Waals surface area contributed by atoms with Gasteiger partial charge in [-0.25, -0.2) is 4.68 Å². The topological polar surface area (TPSA) is 70.4 Å². The molecule has 3 fully saturated rings. The number of rotatable bonds is 8. The van der Waals surface area contributed by atoms with Crippen LogP contribution in [0.4, 0.5) is 11.4 Å². The quantitative estimate of drug-likeness (QED) is 0.568. The minimum Gasteiger partial charge on any atom is -0.386 e. The molecule has 1 heterocycles. The molecule has 0 amide bonds. The van der Waals surface area contributed by atoms with E-state index in [2.05, 4.69) is 49.9 Å². The van der Waals surface area contributed by atoms with Crippen molar-refractivity contribution in [1.82, 2.24) is 9.78 Å². The van der Waals surface area contributed by atoms with Crippen LogP contribution in [-0.4, -0.2) is 34.0 Å². The van der Waals surface area contributed by atoms with Crippen LogP contribution in [0, 0.1) is 23.2 Å². The third-order valence-electron chi connectivity index (χ3n) is 8.43. The van der Waals surface area contributed by atoms with E-state index in [1.165, 1.54) is 11.1 Å². The highest BCUT2D eigenvalue weighted by Crippen LogP contribution is 2.61. The lowest BCUT2D eigenvalue weighted by atomic mass is 9.45. The molecule has 1 unspecified atom stereocenters. The average molecular weight is 473 g/mol. The van der Waals surface area contributed by atoms with Crippen LogP contribution in [-0.2, 0) is 6.54 Å². The minimum absolute atomic E-state index is 0.0572. The van der Waals surface area contributed by atoms with E-state index in [-0.39, 0.29) is 17.1 Å². The smallest absolute Gasteiger partial charge is 0.287 e. The van der Waals surface area contributed by atoms with Gasteiger partial charge in [0.15, 0.2) is 0 Å². The summed E-state index contributed by atoms with van der Waals surface area (Å²) in [5.41, 5.74) is 2.47. The van der Waals surface area contributed by atoms with Gasteiger partial charge in [0.2, 0.25) is 0 Å². The van der Waals surface area contributed by atoms with E-state index in [0.29, 0.717) is 34.9 Å². The van der Waals surface area contributed by atoms with Gasteiger partial charge in [0.1, 0.15) is 5.02 Å². The summed E-state index contributed by atoms with van der Waals surface area (Å²) in [6.07, 6.45) is 3.17. The highest BCUT2D eigenvalue weighted by molar-refractivity contribution is 6.32. The second-order valence-corrected chi connectivity index (χ2v) is 10.7. The first kappa shape index (κ1) is 24.1. The Hall–Kier alpha value is -2.05. The van der Waals surface area contributed by atoms with E-state index < -0.39 is 6.10 Å². The lowest BCUT2D eigenvalue weighted by Crippen LogP contribution is -2.58. The van der Waals surface area contributed by atoms with Crippen LogP contribution in [0.25, 0.3) is 0 Å². The Kier molecular flexibility index (Phi) is 6.79. The molecule has 7 heteroatoms. The van der Waals surface area contributed by atoms with Crippen LogP contribution in [0.15, 0.2) is 35.3 Å². The third-order valence-corrected chi connectivity index (χ3v) is 8.80.